The highest BCUT2D eigenvalue weighted by molar-refractivity contribution is 8.00. The number of carbonyl (C=O) groups excluding carboxylic acids is 1. The minimum Gasteiger partial charge on any atom is -0.480 e. The molecule has 0 bridgehead atoms. The van der Waals surface area contributed by atoms with Crippen LogP contribution in [0.1, 0.15) is 12.5 Å². The van der Waals surface area contributed by atoms with Crippen LogP contribution in [0.15, 0.2) is 18.2 Å². The molecular weight excluding hydrogens is 283 g/mol. The van der Waals surface area contributed by atoms with Crippen molar-refractivity contribution in [2.45, 2.75) is 25.3 Å². The van der Waals surface area contributed by atoms with Gasteiger partial charge in [0.2, 0.25) is 0 Å². The number of rotatable bonds is 2. The van der Waals surface area contributed by atoms with Crippen molar-refractivity contribution < 1.29 is 19.1 Å². The van der Waals surface area contributed by atoms with Crippen molar-refractivity contribution in [3.63, 3.8) is 0 Å². The lowest BCUT2D eigenvalue weighted by Gasteiger charge is -2.25. The minimum absolute atomic E-state index is 0.0499. The van der Waals surface area contributed by atoms with E-state index in [2.05, 4.69) is 5.32 Å². The lowest BCUT2D eigenvalue weighted by atomic mass is 10.2. The average Bonchev–Trinajstić information content (AvgIpc) is 2.75. The number of urea groups is 1. The number of carboxylic acids is 1. The molecule has 2 N–H and O–H groups in total. The zero-order valence-corrected chi connectivity index (χ0v) is 11.9. The summed E-state index contributed by atoms with van der Waals surface area (Å²) < 4.78 is 13.7. The molecule has 1 heterocycles. The number of aryl methyl sites for hydroxylation is 1. The molecule has 7 heteroatoms. The maximum atomic E-state index is 13.7. The van der Waals surface area contributed by atoms with E-state index in [4.69, 9.17) is 5.11 Å². The van der Waals surface area contributed by atoms with E-state index in [0.29, 0.717) is 5.75 Å². The largest absolute Gasteiger partial charge is 0.480 e. The fourth-order valence-corrected chi connectivity index (χ4v) is 3.21. The van der Waals surface area contributed by atoms with E-state index >= 15 is 0 Å². The maximum Gasteiger partial charge on any atom is 0.327 e. The first-order valence-electron chi connectivity index (χ1n) is 6.10. The van der Waals surface area contributed by atoms with E-state index in [1.165, 1.54) is 28.8 Å². The Labute approximate surface area is 120 Å². The Morgan fingerprint density at radius 2 is 2.20 bits per heavy atom. The van der Waals surface area contributed by atoms with Crippen molar-refractivity contribution in [3.05, 3.63) is 29.6 Å². The first-order valence-corrected chi connectivity index (χ1v) is 7.15. The van der Waals surface area contributed by atoms with Gasteiger partial charge in [-0.1, -0.05) is 6.07 Å². The van der Waals surface area contributed by atoms with Crippen LogP contribution in [0.25, 0.3) is 0 Å². The van der Waals surface area contributed by atoms with Gasteiger partial charge in [0.15, 0.2) is 0 Å². The Hall–Kier alpha value is -1.76. The number of amides is 2. The summed E-state index contributed by atoms with van der Waals surface area (Å²) in [6.45, 7) is 3.49. The molecule has 2 amide bonds. The van der Waals surface area contributed by atoms with Crippen LogP contribution >= 0.6 is 11.8 Å². The number of halogens is 1. The number of hydrogen-bond acceptors (Lipinski definition) is 3. The smallest absolute Gasteiger partial charge is 0.327 e. The Morgan fingerprint density at radius 3 is 2.80 bits per heavy atom. The highest BCUT2D eigenvalue weighted by atomic mass is 32.2. The molecule has 5 nitrogen and oxygen atoms in total. The average molecular weight is 298 g/mol. The molecule has 1 aromatic rings. The summed E-state index contributed by atoms with van der Waals surface area (Å²) in [6.07, 6.45) is 0. The third kappa shape index (κ3) is 2.87. The van der Waals surface area contributed by atoms with E-state index in [0.717, 1.165) is 5.56 Å². The molecule has 20 heavy (non-hydrogen) atoms. The summed E-state index contributed by atoms with van der Waals surface area (Å²) in [5.74, 6) is -1.26. The molecule has 0 aliphatic carbocycles. The number of anilines is 1. The van der Waals surface area contributed by atoms with Gasteiger partial charge in [-0.05, 0) is 31.5 Å². The Bertz CT molecular complexity index is 552. The first kappa shape index (κ1) is 14.6. The third-order valence-electron chi connectivity index (χ3n) is 3.11. The van der Waals surface area contributed by atoms with Gasteiger partial charge < -0.3 is 10.4 Å². The van der Waals surface area contributed by atoms with Crippen LogP contribution in [-0.4, -0.2) is 39.2 Å². The standard InChI is InChI=1S/C13H15FN2O3S/c1-7-3-4-10(9(14)5-7)15-13(19)16-8(2)20-6-11(16)12(17)18/h3-5,8,11H,6H2,1-2H3,(H,15,19)(H,17,18). The number of nitrogens with zero attached hydrogens (tertiary/aromatic N) is 1. The van der Waals surface area contributed by atoms with Gasteiger partial charge in [-0.3, -0.25) is 4.90 Å². The molecule has 2 unspecified atom stereocenters. The number of carboxylic acid groups (broad SMARTS) is 1. The summed E-state index contributed by atoms with van der Waals surface area (Å²) in [4.78, 5) is 24.5. The molecule has 0 aromatic heterocycles. The second-order valence-corrected chi connectivity index (χ2v) is 5.96. The van der Waals surface area contributed by atoms with Crippen molar-refractivity contribution in [2.75, 3.05) is 11.1 Å². The van der Waals surface area contributed by atoms with Crippen LogP contribution < -0.4 is 5.32 Å². The molecule has 1 aliphatic heterocycles. The molecule has 1 aromatic carbocycles. The third-order valence-corrected chi connectivity index (χ3v) is 4.33. The summed E-state index contributed by atoms with van der Waals surface area (Å²) >= 11 is 1.38. The van der Waals surface area contributed by atoms with Crippen LogP contribution in [-0.2, 0) is 4.79 Å². The first-order chi connectivity index (χ1) is 9.40. The lowest BCUT2D eigenvalue weighted by molar-refractivity contribution is -0.141. The van der Waals surface area contributed by atoms with Crippen LogP contribution in [0.3, 0.4) is 0 Å². The van der Waals surface area contributed by atoms with Gasteiger partial charge in [-0.25, -0.2) is 14.0 Å². The SMILES string of the molecule is Cc1ccc(NC(=O)N2C(C)SCC2C(=O)O)c(F)c1. The van der Waals surface area contributed by atoms with E-state index in [9.17, 15) is 14.0 Å². The molecule has 1 saturated heterocycles. The van der Waals surface area contributed by atoms with Crippen LogP contribution in [0, 0.1) is 12.7 Å². The van der Waals surface area contributed by atoms with E-state index in [1.54, 1.807) is 19.9 Å². The van der Waals surface area contributed by atoms with Crippen molar-refractivity contribution in [3.8, 4) is 0 Å². The Morgan fingerprint density at radius 1 is 1.50 bits per heavy atom. The monoisotopic (exact) mass is 298 g/mol. The van der Waals surface area contributed by atoms with Crippen molar-refractivity contribution in [1.29, 1.82) is 0 Å². The predicted octanol–water partition coefficient (Wildman–Crippen LogP) is 2.51. The van der Waals surface area contributed by atoms with Gasteiger partial charge in [0.25, 0.3) is 0 Å². The summed E-state index contributed by atoms with van der Waals surface area (Å²) in [6, 6.07) is 2.97. The van der Waals surface area contributed by atoms with Gasteiger partial charge in [-0.15, -0.1) is 11.8 Å². The fourth-order valence-electron chi connectivity index (χ4n) is 2.04. The zero-order chi connectivity index (χ0) is 14.9. The van der Waals surface area contributed by atoms with E-state index in [1.807, 2.05) is 0 Å². The molecule has 0 saturated carbocycles. The van der Waals surface area contributed by atoms with Crippen molar-refractivity contribution in [2.24, 2.45) is 0 Å². The highest BCUT2D eigenvalue weighted by Crippen LogP contribution is 2.29. The number of nitrogens with one attached hydrogen (secondary N) is 1. The normalized spacial score (nSPS) is 21.9. The molecule has 0 radical (unpaired) electrons. The number of aliphatic carboxylic acids is 1. The Balaban J connectivity index is 2.16. The lowest BCUT2D eigenvalue weighted by Crippen LogP contribution is -2.46. The number of thioether (sulfide) groups is 1. The van der Waals surface area contributed by atoms with Crippen molar-refractivity contribution >= 4 is 29.4 Å². The van der Waals surface area contributed by atoms with Gasteiger partial charge >= 0.3 is 12.0 Å². The second-order valence-electron chi connectivity index (χ2n) is 4.61. The van der Waals surface area contributed by atoms with Gasteiger partial charge in [-0.2, -0.15) is 0 Å². The number of benzene rings is 1. The highest BCUT2D eigenvalue weighted by Gasteiger charge is 2.39. The van der Waals surface area contributed by atoms with Gasteiger partial charge in [0.1, 0.15) is 11.9 Å². The second kappa shape index (κ2) is 5.70. The van der Waals surface area contributed by atoms with Crippen LogP contribution in [0.4, 0.5) is 14.9 Å². The predicted molar refractivity (Wildman–Crippen MR) is 75.3 cm³/mol. The molecule has 108 valence electrons. The van der Waals surface area contributed by atoms with Gasteiger partial charge in [0, 0.05) is 5.75 Å². The van der Waals surface area contributed by atoms with E-state index in [-0.39, 0.29) is 11.1 Å². The zero-order valence-electron chi connectivity index (χ0n) is 11.1. The Kier molecular flexibility index (Phi) is 4.17. The molecular formula is C13H15FN2O3S. The summed E-state index contributed by atoms with van der Waals surface area (Å²) in [5, 5.41) is 11.3. The summed E-state index contributed by atoms with van der Waals surface area (Å²) in [7, 11) is 0. The van der Waals surface area contributed by atoms with Crippen LogP contribution in [0.2, 0.25) is 0 Å². The molecule has 1 fully saturated rings. The topological polar surface area (TPSA) is 69.6 Å². The number of carbonyl (C=O) groups is 2. The maximum absolute atomic E-state index is 13.7. The number of hydrogen-bond donors (Lipinski definition) is 2. The van der Waals surface area contributed by atoms with Crippen molar-refractivity contribution in [1.82, 2.24) is 4.90 Å². The molecule has 2 rings (SSSR count). The summed E-state index contributed by atoms with van der Waals surface area (Å²) in [5.41, 5.74) is 0.794. The van der Waals surface area contributed by atoms with Crippen LogP contribution in [0.5, 0.6) is 0 Å². The minimum atomic E-state index is -1.05. The quantitative estimate of drug-likeness (QED) is 0.880. The van der Waals surface area contributed by atoms with E-state index < -0.39 is 23.9 Å². The van der Waals surface area contributed by atoms with Gasteiger partial charge in [0.05, 0.1) is 11.1 Å². The molecule has 0 spiro atoms. The molecule has 1 aliphatic rings. The molecule has 2 atom stereocenters. The fraction of sp³-hybridized carbons (Fsp3) is 0.385.